The molecular weight excluding hydrogens is 411 g/mol. The van der Waals surface area contributed by atoms with Crippen LogP contribution in [0.5, 0.6) is 0 Å². The number of halogens is 3. The molecule has 1 aliphatic rings. The van der Waals surface area contributed by atoms with E-state index in [4.69, 9.17) is 0 Å². The van der Waals surface area contributed by atoms with Crippen molar-refractivity contribution in [3.05, 3.63) is 53.1 Å². The highest BCUT2D eigenvalue weighted by Gasteiger charge is 2.31. The number of nitrogens with zero attached hydrogens (tertiary/aromatic N) is 1. The molecule has 7 nitrogen and oxygen atoms in total. The summed E-state index contributed by atoms with van der Waals surface area (Å²) in [6.45, 7) is 1.22. The smallest absolute Gasteiger partial charge is 0.272 e. The summed E-state index contributed by atoms with van der Waals surface area (Å²) in [7, 11) is -2.65. The minimum atomic E-state index is -4.09. The molecule has 2 heterocycles. The maximum atomic E-state index is 13.4. The summed E-state index contributed by atoms with van der Waals surface area (Å²) in [4.78, 5) is 24.1. The molecule has 0 saturated carbocycles. The predicted octanol–water partition coefficient (Wildman–Crippen LogP) is 2.62. The highest BCUT2D eigenvalue weighted by atomic mass is 32.2. The van der Waals surface area contributed by atoms with Crippen molar-refractivity contribution >= 4 is 33.5 Å². The number of carbonyl (C=O) groups is 2. The molecule has 1 amide bonds. The zero-order valence-electron chi connectivity index (χ0n) is 15.2. The SMILES string of the molecule is CC(=O)[C@H]1C=Cc2c(cn(C)c2C(=O)Nc2ccc(F)c(C(F)F)c2)S(=O)(=O)N1. The number of anilines is 1. The summed E-state index contributed by atoms with van der Waals surface area (Å²) in [6.07, 6.45) is 0.786. The number of aryl methyl sites for hydroxylation is 1. The van der Waals surface area contributed by atoms with Crippen molar-refractivity contribution in [2.24, 2.45) is 7.05 Å². The van der Waals surface area contributed by atoms with Gasteiger partial charge in [0.15, 0.2) is 5.78 Å². The van der Waals surface area contributed by atoms with E-state index in [9.17, 15) is 31.2 Å². The topological polar surface area (TPSA) is 97.3 Å². The summed E-state index contributed by atoms with van der Waals surface area (Å²) in [5.74, 6) is -2.33. The van der Waals surface area contributed by atoms with Crippen molar-refractivity contribution in [3.8, 4) is 0 Å². The molecule has 1 aromatic carbocycles. The Morgan fingerprint density at radius 3 is 2.59 bits per heavy atom. The second kappa shape index (κ2) is 7.48. The number of ketones is 1. The van der Waals surface area contributed by atoms with Crippen LogP contribution in [-0.2, 0) is 21.9 Å². The van der Waals surface area contributed by atoms with Gasteiger partial charge in [-0.05, 0) is 25.1 Å². The number of hydrogen-bond donors (Lipinski definition) is 2. The molecule has 11 heteroatoms. The molecule has 0 radical (unpaired) electrons. The zero-order valence-corrected chi connectivity index (χ0v) is 16.1. The molecule has 29 heavy (non-hydrogen) atoms. The van der Waals surface area contributed by atoms with Crippen LogP contribution in [0.25, 0.3) is 6.08 Å². The number of carbonyl (C=O) groups excluding carboxylic acids is 2. The van der Waals surface area contributed by atoms with E-state index in [1.807, 2.05) is 0 Å². The van der Waals surface area contributed by atoms with Crippen LogP contribution in [0.3, 0.4) is 0 Å². The molecule has 0 fully saturated rings. The van der Waals surface area contributed by atoms with Gasteiger partial charge in [-0.1, -0.05) is 12.2 Å². The van der Waals surface area contributed by atoms with Crippen LogP contribution in [0.1, 0.15) is 35.0 Å². The van der Waals surface area contributed by atoms with Crippen LogP contribution in [0.2, 0.25) is 0 Å². The Labute approximate surface area is 164 Å². The molecule has 0 saturated heterocycles. The Morgan fingerprint density at radius 2 is 1.97 bits per heavy atom. The van der Waals surface area contributed by atoms with Crippen LogP contribution in [-0.4, -0.2) is 30.7 Å². The highest BCUT2D eigenvalue weighted by Crippen LogP contribution is 2.28. The largest absolute Gasteiger partial charge is 0.345 e. The molecule has 154 valence electrons. The van der Waals surface area contributed by atoms with Gasteiger partial charge in [-0.3, -0.25) is 9.59 Å². The van der Waals surface area contributed by atoms with Gasteiger partial charge in [0.05, 0.1) is 11.6 Å². The molecule has 0 aliphatic carbocycles. The number of aromatic nitrogens is 1. The van der Waals surface area contributed by atoms with Crippen LogP contribution >= 0.6 is 0 Å². The lowest BCUT2D eigenvalue weighted by molar-refractivity contribution is -0.117. The average Bonchev–Trinajstić information content (AvgIpc) is 2.90. The molecule has 0 unspecified atom stereocenters. The Balaban J connectivity index is 2.02. The van der Waals surface area contributed by atoms with Gasteiger partial charge in [0.25, 0.3) is 12.3 Å². The number of hydrogen-bond acceptors (Lipinski definition) is 4. The number of alkyl halides is 2. The lowest BCUT2D eigenvalue weighted by Gasteiger charge is -2.10. The third kappa shape index (κ3) is 3.96. The van der Waals surface area contributed by atoms with Crippen LogP contribution in [0, 0.1) is 5.82 Å². The Kier molecular flexibility index (Phi) is 5.37. The first-order valence-corrected chi connectivity index (χ1v) is 9.79. The van der Waals surface area contributed by atoms with Crippen molar-refractivity contribution in [2.75, 3.05) is 5.32 Å². The van der Waals surface area contributed by atoms with Gasteiger partial charge in [0.1, 0.15) is 16.4 Å². The minimum absolute atomic E-state index is 0.0393. The van der Waals surface area contributed by atoms with Crippen LogP contribution in [0.4, 0.5) is 18.9 Å². The maximum absolute atomic E-state index is 13.4. The summed E-state index contributed by atoms with van der Waals surface area (Å²) < 4.78 is 67.8. The number of rotatable bonds is 4. The van der Waals surface area contributed by atoms with E-state index in [1.54, 1.807) is 0 Å². The van der Waals surface area contributed by atoms with E-state index in [0.29, 0.717) is 0 Å². The van der Waals surface area contributed by atoms with Gasteiger partial charge < -0.3 is 9.88 Å². The number of amides is 1. The lowest BCUT2D eigenvalue weighted by Crippen LogP contribution is -2.37. The quantitative estimate of drug-likeness (QED) is 0.784. The number of sulfonamides is 1. The van der Waals surface area contributed by atoms with E-state index in [2.05, 4.69) is 10.0 Å². The number of Topliss-reactive ketones (excluding diaryl/α,β-unsaturated/α-hetero) is 1. The fourth-order valence-electron chi connectivity index (χ4n) is 2.93. The second-order valence-electron chi connectivity index (χ2n) is 6.43. The van der Waals surface area contributed by atoms with Crippen LogP contribution < -0.4 is 10.0 Å². The molecule has 0 spiro atoms. The van der Waals surface area contributed by atoms with Crippen molar-refractivity contribution in [1.29, 1.82) is 0 Å². The fraction of sp³-hybridized carbons (Fsp3) is 0.222. The van der Waals surface area contributed by atoms with Gasteiger partial charge in [-0.15, -0.1) is 0 Å². The first-order chi connectivity index (χ1) is 13.5. The monoisotopic (exact) mass is 427 g/mol. The molecular formula is C18H16F3N3O4S. The third-order valence-corrected chi connectivity index (χ3v) is 5.82. The molecule has 2 aromatic rings. The lowest BCUT2D eigenvalue weighted by atomic mass is 10.1. The van der Waals surface area contributed by atoms with Crippen molar-refractivity contribution < 1.29 is 31.2 Å². The molecule has 1 aromatic heterocycles. The molecule has 1 aliphatic heterocycles. The molecule has 0 bridgehead atoms. The number of benzene rings is 1. The van der Waals surface area contributed by atoms with E-state index in [-0.39, 0.29) is 21.8 Å². The van der Waals surface area contributed by atoms with Gasteiger partial charge in [-0.2, -0.15) is 4.72 Å². The molecule has 3 rings (SSSR count). The van der Waals surface area contributed by atoms with E-state index >= 15 is 0 Å². The van der Waals surface area contributed by atoms with E-state index < -0.39 is 45.6 Å². The van der Waals surface area contributed by atoms with Crippen molar-refractivity contribution in [3.63, 3.8) is 0 Å². The first kappa shape index (κ1) is 20.8. The Morgan fingerprint density at radius 1 is 1.28 bits per heavy atom. The van der Waals surface area contributed by atoms with Crippen molar-refractivity contribution in [2.45, 2.75) is 24.3 Å². The number of nitrogens with one attached hydrogen (secondary N) is 2. The minimum Gasteiger partial charge on any atom is -0.345 e. The summed E-state index contributed by atoms with van der Waals surface area (Å²) >= 11 is 0. The fourth-order valence-corrected chi connectivity index (χ4v) is 4.39. The summed E-state index contributed by atoms with van der Waals surface area (Å²) in [5, 5.41) is 2.36. The highest BCUT2D eigenvalue weighted by molar-refractivity contribution is 7.89. The first-order valence-electron chi connectivity index (χ1n) is 8.30. The Bertz CT molecular complexity index is 1140. The van der Waals surface area contributed by atoms with Gasteiger partial charge in [0.2, 0.25) is 10.0 Å². The standard InChI is InChI=1S/C18H16F3N3O4S/c1-9(25)14-6-4-11-15(29(27,28)23-14)8-24(2)16(11)18(26)22-10-3-5-13(19)12(7-10)17(20)21/h3-8,14,17,23H,1-2H3,(H,22,26)/t14-/m1/s1. The van der Waals surface area contributed by atoms with Crippen LogP contribution in [0.15, 0.2) is 35.4 Å². The Hall–Kier alpha value is -2.92. The van der Waals surface area contributed by atoms with Gasteiger partial charge in [0, 0.05) is 24.5 Å². The second-order valence-corrected chi connectivity index (χ2v) is 8.11. The molecule has 2 N–H and O–H groups in total. The predicted molar refractivity (Wildman–Crippen MR) is 98.5 cm³/mol. The summed E-state index contributed by atoms with van der Waals surface area (Å²) in [5.41, 5.74) is -0.988. The van der Waals surface area contributed by atoms with Gasteiger partial charge in [-0.25, -0.2) is 21.6 Å². The van der Waals surface area contributed by atoms with Crippen molar-refractivity contribution in [1.82, 2.24) is 9.29 Å². The zero-order chi connectivity index (χ0) is 21.5. The van der Waals surface area contributed by atoms with E-state index in [0.717, 1.165) is 18.2 Å². The van der Waals surface area contributed by atoms with E-state index in [1.165, 1.54) is 36.9 Å². The van der Waals surface area contributed by atoms with Gasteiger partial charge >= 0.3 is 0 Å². The molecule has 1 atom stereocenters. The number of fused-ring (bicyclic) bond motifs is 1. The average molecular weight is 427 g/mol. The summed E-state index contributed by atoms with van der Waals surface area (Å²) in [6, 6.07) is 1.63. The normalized spacial score (nSPS) is 17.7. The third-order valence-electron chi connectivity index (χ3n) is 4.35. The maximum Gasteiger partial charge on any atom is 0.272 e.